The van der Waals surface area contributed by atoms with Crippen molar-refractivity contribution < 1.29 is 23.0 Å². The number of esters is 1. The van der Waals surface area contributed by atoms with Gasteiger partial charge in [-0.05, 0) is 24.6 Å². The first kappa shape index (κ1) is 18.9. The molecule has 1 saturated heterocycles. The monoisotopic (exact) mass is 378 g/mol. The molecule has 1 aromatic heterocycles. The first-order chi connectivity index (χ1) is 13.0. The third-order valence-corrected chi connectivity index (χ3v) is 4.30. The fourth-order valence-corrected chi connectivity index (χ4v) is 2.75. The van der Waals surface area contributed by atoms with Gasteiger partial charge in [-0.15, -0.1) is 0 Å². The van der Waals surface area contributed by atoms with E-state index in [-0.39, 0.29) is 51.0 Å². The molecule has 0 bridgehead atoms. The molecule has 3 rings (SSSR count). The third kappa shape index (κ3) is 4.66. The Hall–Kier alpha value is -2.84. The number of alkyl halides is 1. The van der Waals surface area contributed by atoms with Crippen molar-refractivity contribution in [1.82, 2.24) is 15.0 Å². The van der Waals surface area contributed by atoms with Crippen LogP contribution >= 0.6 is 0 Å². The number of carbonyl (C=O) groups excluding carboxylic acids is 1. The average Bonchev–Trinajstić information content (AvgIpc) is 2.68. The third-order valence-electron chi connectivity index (χ3n) is 4.30. The summed E-state index contributed by atoms with van der Waals surface area (Å²) >= 11 is 0. The number of nitrogens with zero attached hydrogens (tertiary/aromatic N) is 4. The van der Waals surface area contributed by atoms with Crippen LogP contribution in [0.4, 0.5) is 14.7 Å². The Morgan fingerprint density at radius 1 is 1.22 bits per heavy atom. The van der Waals surface area contributed by atoms with Gasteiger partial charge in [0, 0.05) is 25.9 Å². The van der Waals surface area contributed by atoms with Crippen LogP contribution in [0, 0.1) is 5.82 Å². The summed E-state index contributed by atoms with van der Waals surface area (Å²) in [7, 11) is 0. The summed E-state index contributed by atoms with van der Waals surface area (Å²) in [6, 6.07) is 6.03. The van der Waals surface area contributed by atoms with Crippen LogP contribution in [0.1, 0.15) is 25.3 Å². The number of hydrogen-bond acceptors (Lipinski definition) is 7. The summed E-state index contributed by atoms with van der Waals surface area (Å²) in [5.74, 6) is -0.785. The summed E-state index contributed by atoms with van der Waals surface area (Å²) in [6.45, 7) is 2.53. The minimum absolute atomic E-state index is 0.00326. The second-order valence-corrected chi connectivity index (χ2v) is 6.16. The Balaban J connectivity index is 1.59. The van der Waals surface area contributed by atoms with Gasteiger partial charge in [-0.25, -0.2) is 18.6 Å². The topological polar surface area (TPSA) is 77.4 Å². The summed E-state index contributed by atoms with van der Waals surface area (Å²) in [4.78, 5) is 25.8. The highest BCUT2D eigenvalue weighted by molar-refractivity contribution is 5.79. The molecule has 0 radical (unpaired) electrons. The van der Waals surface area contributed by atoms with E-state index >= 15 is 0 Å². The Morgan fingerprint density at radius 3 is 2.59 bits per heavy atom. The molecular weight excluding hydrogens is 358 g/mol. The normalized spacial score (nSPS) is 16.0. The Labute approximate surface area is 155 Å². The molecule has 0 atom stereocenters. The summed E-state index contributed by atoms with van der Waals surface area (Å²) in [5, 5.41) is 0. The number of anilines is 1. The van der Waals surface area contributed by atoms with Gasteiger partial charge in [-0.2, -0.15) is 9.97 Å². The average molecular weight is 378 g/mol. The number of rotatable bonds is 6. The van der Waals surface area contributed by atoms with Crippen molar-refractivity contribution in [2.45, 2.75) is 32.0 Å². The molecule has 2 heterocycles. The van der Waals surface area contributed by atoms with E-state index in [2.05, 4.69) is 15.0 Å². The highest BCUT2D eigenvalue weighted by Gasteiger charge is 2.43. The SMILES string of the molecule is CCOC(=O)C1(F)CCN(c2ncnc(OCc3ccc(F)cc3)n2)CC1. The molecule has 144 valence electrons. The largest absolute Gasteiger partial charge is 0.464 e. The van der Waals surface area contributed by atoms with Crippen LogP contribution in [0.5, 0.6) is 6.01 Å². The van der Waals surface area contributed by atoms with Crippen molar-refractivity contribution in [3.05, 3.63) is 42.0 Å². The lowest BCUT2D eigenvalue weighted by Crippen LogP contribution is -2.47. The highest BCUT2D eigenvalue weighted by Crippen LogP contribution is 2.29. The van der Waals surface area contributed by atoms with Crippen molar-refractivity contribution >= 4 is 11.9 Å². The number of aromatic nitrogens is 3. The quantitative estimate of drug-likeness (QED) is 0.715. The molecule has 7 nitrogen and oxygen atoms in total. The number of carbonyl (C=O) groups is 1. The Morgan fingerprint density at radius 2 is 1.93 bits per heavy atom. The number of benzene rings is 1. The van der Waals surface area contributed by atoms with Gasteiger partial charge in [0.1, 0.15) is 18.8 Å². The predicted molar refractivity (Wildman–Crippen MR) is 92.5 cm³/mol. The smallest absolute Gasteiger partial charge is 0.344 e. The lowest BCUT2D eigenvalue weighted by atomic mass is 9.93. The molecule has 2 aromatic rings. The van der Waals surface area contributed by atoms with Crippen molar-refractivity contribution in [2.75, 3.05) is 24.6 Å². The molecule has 0 spiro atoms. The van der Waals surface area contributed by atoms with E-state index in [1.807, 2.05) is 0 Å². The number of halogens is 2. The van der Waals surface area contributed by atoms with Crippen LogP contribution in [0.2, 0.25) is 0 Å². The molecule has 1 fully saturated rings. The van der Waals surface area contributed by atoms with Gasteiger partial charge in [-0.3, -0.25) is 0 Å². The molecular formula is C18H20F2N4O3. The van der Waals surface area contributed by atoms with E-state index in [1.165, 1.54) is 18.5 Å². The van der Waals surface area contributed by atoms with Crippen molar-refractivity contribution in [3.8, 4) is 6.01 Å². The van der Waals surface area contributed by atoms with E-state index in [4.69, 9.17) is 9.47 Å². The molecule has 0 N–H and O–H groups in total. The molecule has 0 saturated carbocycles. The van der Waals surface area contributed by atoms with Gasteiger partial charge in [0.25, 0.3) is 0 Å². The molecule has 0 unspecified atom stereocenters. The van der Waals surface area contributed by atoms with Crippen LogP contribution in [0.3, 0.4) is 0 Å². The summed E-state index contributed by atoms with van der Waals surface area (Å²) < 4.78 is 37.9. The highest BCUT2D eigenvalue weighted by atomic mass is 19.1. The van der Waals surface area contributed by atoms with Crippen molar-refractivity contribution in [2.24, 2.45) is 0 Å². The molecule has 1 aliphatic rings. The van der Waals surface area contributed by atoms with E-state index in [1.54, 1.807) is 24.0 Å². The lowest BCUT2D eigenvalue weighted by molar-refractivity contribution is -0.158. The lowest BCUT2D eigenvalue weighted by Gasteiger charge is -2.34. The fourth-order valence-electron chi connectivity index (χ4n) is 2.75. The maximum atomic E-state index is 14.7. The number of ether oxygens (including phenoxy) is 2. The van der Waals surface area contributed by atoms with E-state index in [9.17, 15) is 13.6 Å². The van der Waals surface area contributed by atoms with Gasteiger partial charge in [0.2, 0.25) is 11.6 Å². The van der Waals surface area contributed by atoms with E-state index in [0.29, 0.717) is 5.95 Å². The zero-order valence-corrected chi connectivity index (χ0v) is 14.9. The molecule has 9 heteroatoms. The standard InChI is InChI=1S/C18H20F2N4O3/c1-2-26-15(25)18(20)7-9-24(10-8-18)16-21-12-22-17(23-16)27-11-13-3-5-14(19)6-4-13/h3-6,12H,2,7-11H2,1H3. The predicted octanol–water partition coefficient (Wildman–Crippen LogP) is 2.46. The van der Waals surface area contributed by atoms with Gasteiger partial charge in [0.15, 0.2) is 0 Å². The fraction of sp³-hybridized carbons (Fsp3) is 0.444. The van der Waals surface area contributed by atoms with Crippen LogP contribution in [0.25, 0.3) is 0 Å². The molecule has 1 aliphatic heterocycles. The van der Waals surface area contributed by atoms with Gasteiger partial charge >= 0.3 is 12.0 Å². The van der Waals surface area contributed by atoms with E-state index in [0.717, 1.165) is 5.56 Å². The second-order valence-electron chi connectivity index (χ2n) is 6.16. The molecule has 0 aliphatic carbocycles. The van der Waals surface area contributed by atoms with E-state index < -0.39 is 11.6 Å². The van der Waals surface area contributed by atoms with Crippen LogP contribution < -0.4 is 9.64 Å². The Bertz CT molecular complexity index is 780. The van der Waals surface area contributed by atoms with Crippen LogP contribution in [-0.2, 0) is 16.1 Å². The van der Waals surface area contributed by atoms with Gasteiger partial charge in [-0.1, -0.05) is 12.1 Å². The second kappa shape index (κ2) is 8.24. The maximum absolute atomic E-state index is 14.7. The van der Waals surface area contributed by atoms with Gasteiger partial charge < -0.3 is 14.4 Å². The minimum atomic E-state index is -1.97. The summed E-state index contributed by atoms with van der Waals surface area (Å²) in [5.41, 5.74) is -1.20. The van der Waals surface area contributed by atoms with Crippen molar-refractivity contribution in [3.63, 3.8) is 0 Å². The minimum Gasteiger partial charge on any atom is -0.464 e. The summed E-state index contributed by atoms with van der Waals surface area (Å²) in [6.07, 6.45) is 1.32. The first-order valence-electron chi connectivity index (χ1n) is 8.67. The number of piperidine rings is 1. The zero-order valence-electron chi connectivity index (χ0n) is 14.9. The molecule has 27 heavy (non-hydrogen) atoms. The molecule has 0 amide bonds. The maximum Gasteiger partial charge on any atom is 0.344 e. The molecule has 1 aromatic carbocycles. The Kier molecular flexibility index (Phi) is 5.78. The first-order valence-corrected chi connectivity index (χ1v) is 8.67. The number of hydrogen-bond donors (Lipinski definition) is 0. The van der Waals surface area contributed by atoms with Crippen LogP contribution in [0.15, 0.2) is 30.6 Å². The zero-order chi connectivity index (χ0) is 19.3. The van der Waals surface area contributed by atoms with Gasteiger partial charge in [0.05, 0.1) is 6.61 Å². The van der Waals surface area contributed by atoms with Crippen molar-refractivity contribution in [1.29, 1.82) is 0 Å². The van der Waals surface area contributed by atoms with Crippen LogP contribution in [-0.4, -0.2) is 46.3 Å².